The molecule has 4 aromatic rings. The number of hydrogen-bond donors (Lipinski definition) is 1. The lowest BCUT2D eigenvalue weighted by atomic mass is 10.2. The number of carbonyl (C=O) groups excluding carboxylic acids is 1. The maximum Gasteiger partial charge on any atom is 0.269 e. The highest BCUT2D eigenvalue weighted by Crippen LogP contribution is 2.29. The second-order valence-electron chi connectivity index (χ2n) is 6.88. The van der Waals surface area contributed by atoms with Crippen LogP contribution in [0.5, 0.6) is 0 Å². The van der Waals surface area contributed by atoms with E-state index in [0.29, 0.717) is 30.6 Å². The molecule has 0 aliphatic carbocycles. The van der Waals surface area contributed by atoms with Crippen LogP contribution in [0.25, 0.3) is 21.6 Å². The zero-order valence-corrected chi connectivity index (χ0v) is 17.9. The molecule has 0 aliphatic rings. The van der Waals surface area contributed by atoms with Gasteiger partial charge >= 0.3 is 0 Å². The average Bonchev–Trinajstić information content (AvgIpc) is 3.32. The molecular weight excluding hydrogens is 396 g/mol. The minimum absolute atomic E-state index is 0.187. The van der Waals surface area contributed by atoms with E-state index in [1.165, 1.54) is 11.3 Å². The molecule has 7 heteroatoms. The lowest BCUT2D eigenvalue weighted by Gasteiger charge is -2.10. The zero-order valence-electron chi connectivity index (χ0n) is 17.1. The predicted molar refractivity (Wildman–Crippen MR) is 121 cm³/mol. The van der Waals surface area contributed by atoms with Gasteiger partial charge in [-0.25, -0.2) is 9.97 Å². The van der Waals surface area contributed by atoms with E-state index in [9.17, 15) is 4.79 Å². The Kier molecular flexibility index (Phi) is 6.21. The number of imidazole rings is 1. The summed E-state index contributed by atoms with van der Waals surface area (Å²) in [4.78, 5) is 22.9. The van der Waals surface area contributed by atoms with Gasteiger partial charge in [0.1, 0.15) is 9.88 Å². The van der Waals surface area contributed by atoms with Gasteiger partial charge in [0.05, 0.1) is 16.7 Å². The number of aromatic nitrogens is 3. The summed E-state index contributed by atoms with van der Waals surface area (Å²) in [6, 6.07) is 17.8. The monoisotopic (exact) mass is 420 g/mol. The number of amides is 1. The molecule has 2 aromatic heterocycles. The van der Waals surface area contributed by atoms with Gasteiger partial charge in [-0.1, -0.05) is 42.5 Å². The van der Waals surface area contributed by atoms with Gasteiger partial charge in [-0.15, -0.1) is 11.3 Å². The largest absolute Gasteiger partial charge is 0.382 e. The van der Waals surface area contributed by atoms with Crippen molar-refractivity contribution in [2.24, 2.45) is 0 Å². The van der Waals surface area contributed by atoms with Crippen molar-refractivity contribution in [2.75, 3.05) is 18.5 Å². The number of fused-ring (bicyclic) bond motifs is 1. The first-order valence-corrected chi connectivity index (χ1v) is 10.9. The van der Waals surface area contributed by atoms with Crippen molar-refractivity contribution in [2.45, 2.75) is 26.8 Å². The Hall–Kier alpha value is -3.03. The maximum atomic E-state index is 13.1. The highest BCUT2D eigenvalue weighted by Gasteiger charge is 2.19. The Bertz CT molecular complexity index is 1150. The summed E-state index contributed by atoms with van der Waals surface area (Å²) in [6.07, 6.45) is 0.842. The van der Waals surface area contributed by atoms with Gasteiger partial charge < -0.3 is 9.30 Å². The Balaban J connectivity index is 1.59. The van der Waals surface area contributed by atoms with Gasteiger partial charge in [-0.3, -0.25) is 10.1 Å². The highest BCUT2D eigenvalue weighted by atomic mass is 32.1. The summed E-state index contributed by atoms with van der Waals surface area (Å²) < 4.78 is 7.51. The molecule has 154 valence electrons. The number of nitrogens with one attached hydrogen (secondary N) is 1. The molecule has 0 unspecified atom stereocenters. The van der Waals surface area contributed by atoms with Crippen LogP contribution in [0.1, 0.15) is 28.7 Å². The quantitative estimate of drug-likeness (QED) is 0.400. The van der Waals surface area contributed by atoms with Crippen LogP contribution in [-0.4, -0.2) is 33.7 Å². The predicted octanol–water partition coefficient (Wildman–Crippen LogP) is 5.15. The summed E-state index contributed by atoms with van der Waals surface area (Å²) in [5.41, 5.74) is 3.58. The van der Waals surface area contributed by atoms with Crippen LogP contribution in [0.3, 0.4) is 0 Å². The van der Waals surface area contributed by atoms with Gasteiger partial charge in [-0.05, 0) is 32.4 Å². The third kappa shape index (κ3) is 4.27. The standard InChI is InChI=1S/C23H24N4O2S/c1-3-29-15-9-14-27-19-13-8-7-12-18(19)25-23(27)26-21(28)20-16(2)24-22(30-20)17-10-5-4-6-11-17/h4-8,10-13H,3,9,14-15H2,1-2H3,(H,25,26,28). The Labute approximate surface area is 179 Å². The molecule has 30 heavy (non-hydrogen) atoms. The van der Waals surface area contributed by atoms with E-state index >= 15 is 0 Å². The van der Waals surface area contributed by atoms with E-state index in [4.69, 9.17) is 4.74 Å². The summed E-state index contributed by atoms with van der Waals surface area (Å²) in [5, 5.41) is 3.84. The minimum atomic E-state index is -0.187. The van der Waals surface area contributed by atoms with Crippen molar-refractivity contribution < 1.29 is 9.53 Å². The van der Waals surface area contributed by atoms with Gasteiger partial charge in [0.25, 0.3) is 5.91 Å². The summed E-state index contributed by atoms with van der Waals surface area (Å²) >= 11 is 1.40. The SMILES string of the molecule is CCOCCCn1c(NC(=O)c2sc(-c3ccccc3)nc2C)nc2ccccc21. The molecule has 0 radical (unpaired) electrons. The second kappa shape index (κ2) is 9.19. The van der Waals surface area contributed by atoms with E-state index in [1.54, 1.807) is 0 Å². The van der Waals surface area contributed by atoms with Crippen LogP contribution in [0, 0.1) is 6.92 Å². The molecule has 1 amide bonds. The van der Waals surface area contributed by atoms with E-state index in [2.05, 4.69) is 15.3 Å². The number of benzene rings is 2. The van der Waals surface area contributed by atoms with Crippen molar-refractivity contribution in [1.29, 1.82) is 0 Å². The number of ether oxygens (including phenoxy) is 1. The zero-order chi connectivity index (χ0) is 20.9. The molecule has 0 saturated carbocycles. The van der Waals surface area contributed by atoms with Crippen molar-refractivity contribution in [3.63, 3.8) is 0 Å². The van der Waals surface area contributed by atoms with E-state index in [0.717, 1.165) is 33.7 Å². The number of nitrogens with zero attached hydrogens (tertiary/aromatic N) is 3. The molecule has 0 bridgehead atoms. The topological polar surface area (TPSA) is 69.0 Å². The number of aryl methyl sites for hydroxylation is 2. The van der Waals surface area contributed by atoms with Crippen LogP contribution in [0.2, 0.25) is 0 Å². The summed E-state index contributed by atoms with van der Waals surface area (Å²) in [5.74, 6) is 0.361. The van der Waals surface area contributed by atoms with Crippen LogP contribution in [0.4, 0.5) is 5.95 Å². The third-order valence-electron chi connectivity index (χ3n) is 4.78. The molecule has 0 aliphatic heterocycles. The normalized spacial score (nSPS) is 11.1. The maximum absolute atomic E-state index is 13.1. The molecule has 2 aromatic carbocycles. The highest BCUT2D eigenvalue weighted by molar-refractivity contribution is 7.17. The fraction of sp³-hybridized carbons (Fsp3) is 0.261. The number of hydrogen-bond acceptors (Lipinski definition) is 5. The molecule has 0 spiro atoms. The first-order chi connectivity index (χ1) is 14.7. The fourth-order valence-corrected chi connectivity index (χ4v) is 4.30. The smallest absolute Gasteiger partial charge is 0.269 e. The molecule has 0 atom stereocenters. The molecule has 0 saturated heterocycles. The summed E-state index contributed by atoms with van der Waals surface area (Å²) in [6.45, 7) is 5.93. The first kappa shape index (κ1) is 20.3. The first-order valence-electron chi connectivity index (χ1n) is 10.0. The lowest BCUT2D eigenvalue weighted by molar-refractivity contribution is 0.102. The molecule has 6 nitrogen and oxygen atoms in total. The van der Waals surface area contributed by atoms with Crippen LogP contribution in [-0.2, 0) is 11.3 Å². The van der Waals surface area contributed by atoms with Gasteiger partial charge in [0.15, 0.2) is 0 Å². The number of carbonyl (C=O) groups is 1. The van der Waals surface area contributed by atoms with Gasteiger partial charge in [0.2, 0.25) is 5.95 Å². The molecular formula is C23H24N4O2S. The minimum Gasteiger partial charge on any atom is -0.382 e. The van der Waals surface area contributed by atoms with Crippen molar-refractivity contribution in [3.8, 4) is 10.6 Å². The Morgan fingerprint density at radius 2 is 1.87 bits per heavy atom. The van der Waals surface area contributed by atoms with Gasteiger partial charge in [-0.2, -0.15) is 0 Å². The van der Waals surface area contributed by atoms with Crippen molar-refractivity contribution in [1.82, 2.24) is 14.5 Å². The number of thiazole rings is 1. The van der Waals surface area contributed by atoms with Crippen LogP contribution < -0.4 is 5.32 Å². The Morgan fingerprint density at radius 3 is 2.67 bits per heavy atom. The molecule has 1 N–H and O–H groups in total. The fourth-order valence-electron chi connectivity index (χ4n) is 3.34. The number of para-hydroxylation sites is 2. The van der Waals surface area contributed by atoms with Crippen LogP contribution in [0.15, 0.2) is 54.6 Å². The van der Waals surface area contributed by atoms with E-state index < -0.39 is 0 Å². The number of anilines is 1. The summed E-state index contributed by atoms with van der Waals surface area (Å²) in [7, 11) is 0. The Morgan fingerprint density at radius 1 is 1.10 bits per heavy atom. The molecule has 4 rings (SSSR count). The lowest BCUT2D eigenvalue weighted by Crippen LogP contribution is -2.16. The van der Waals surface area contributed by atoms with E-state index in [1.807, 2.05) is 73.0 Å². The molecule has 0 fully saturated rings. The average molecular weight is 421 g/mol. The number of rotatable bonds is 8. The van der Waals surface area contributed by atoms with Gasteiger partial charge in [0, 0.05) is 25.3 Å². The van der Waals surface area contributed by atoms with E-state index in [-0.39, 0.29) is 5.91 Å². The molecule has 2 heterocycles. The third-order valence-corrected chi connectivity index (χ3v) is 5.98. The van der Waals surface area contributed by atoms with Crippen LogP contribution >= 0.6 is 11.3 Å². The second-order valence-corrected chi connectivity index (χ2v) is 7.88. The van der Waals surface area contributed by atoms with Crippen molar-refractivity contribution in [3.05, 3.63) is 65.2 Å². The van der Waals surface area contributed by atoms with Crippen molar-refractivity contribution >= 4 is 34.2 Å².